The van der Waals surface area contributed by atoms with Gasteiger partial charge in [0.2, 0.25) is 5.95 Å². The van der Waals surface area contributed by atoms with Crippen LogP contribution in [0.25, 0.3) is 0 Å². The summed E-state index contributed by atoms with van der Waals surface area (Å²) in [6.45, 7) is 3.98. The summed E-state index contributed by atoms with van der Waals surface area (Å²) in [4.78, 5) is 8.46. The summed E-state index contributed by atoms with van der Waals surface area (Å²) < 4.78 is 38.4. The van der Waals surface area contributed by atoms with Crippen molar-refractivity contribution in [2.24, 2.45) is 0 Å². The first-order chi connectivity index (χ1) is 12.3. The molecule has 0 fully saturated rings. The Bertz CT molecular complexity index is 923. The van der Waals surface area contributed by atoms with Crippen molar-refractivity contribution in [1.29, 1.82) is 0 Å². The minimum Gasteiger partial charge on any atom is -0.340 e. The molecule has 1 heterocycles. The van der Waals surface area contributed by atoms with Crippen LogP contribution < -0.4 is 10.6 Å². The Kier molecular flexibility index (Phi) is 4.79. The number of halogens is 3. The number of alkyl halides is 3. The number of aryl methyl sites for hydroxylation is 2. The van der Waals surface area contributed by atoms with Gasteiger partial charge >= 0.3 is 6.18 Å². The smallest absolute Gasteiger partial charge is 0.340 e. The molecule has 0 aliphatic carbocycles. The SMILES string of the molecule is Cc1ccc(Nc2nccc(Nc3cccc(C(F)(F)F)c3)n2)c(C)c1. The van der Waals surface area contributed by atoms with Crippen molar-refractivity contribution in [3.8, 4) is 0 Å². The molecule has 3 rings (SSSR count). The van der Waals surface area contributed by atoms with E-state index in [9.17, 15) is 13.2 Å². The second-order valence-corrected chi connectivity index (χ2v) is 5.91. The molecule has 0 saturated heterocycles. The Morgan fingerprint density at radius 1 is 0.923 bits per heavy atom. The van der Waals surface area contributed by atoms with Gasteiger partial charge in [-0.15, -0.1) is 0 Å². The third-order valence-electron chi connectivity index (χ3n) is 3.75. The average Bonchev–Trinajstić information content (AvgIpc) is 2.57. The Morgan fingerprint density at radius 2 is 1.73 bits per heavy atom. The first-order valence-electron chi connectivity index (χ1n) is 7.93. The topological polar surface area (TPSA) is 49.8 Å². The number of anilines is 4. The van der Waals surface area contributed by atoms with Gasteiger partial charge in [-0.25, -0.2) is 4.98 Å². The van der Waals surface area contributed by atoms with Crippen LogP contribution in [0.3, 0.4) is 0 Å². The number of hydrogen-bond acceptors (Lipinski definition) is 4. The summed E-state index contributed by atoms with van der Waals surface area (Å²) in [6, 6.07) is 12.5. The number of nitrogens with one attached hydrogen (secondary N) is 2. The second kappa shape index (κ2) is 7.03. The van der Waals surface area contributed by atoms with Gasteiger partial charge in [0.15, 0.2) is 0 Å². The van der Waals surface area contributed by atoms with Gasteiger partial charge in [0, 0.05) is 17.6 Å². The molecule has 26 heavy (non-hydrogen) atoms. The summed E-state index contributed by atoms with van der Waals surface area (Å²) in [7, 11) is 0. The van der Waals surface area contributed by atoms with Crippen molar-refractivity contribution in [1.82, 2.24) is 9.97 Å². The van der Waals surface area contributed by atoms with E-state index in [1.807, 2.05) is 32.0 Å². The van der Waals surface area contributed by atoms with Crippen LogP contribution in [0.1, 0.15) is 16.7 Å². The van der Waals surface area contributed by atoms with E-state index in [0.717, 1.165) is 28.9 Å². The maximum absolute atomic E-state index is 12.8. The molecule has 0 radical (unpaired) electrons. The molecule has 7 heteroatoms. The standard InChI is InChI=1S/C19H17F3N4/c1-12-6-7-16(13(2)10-12)25-18-23-9-8-17(26-18)24-15-5-3-4-14(11-15)19(20,21)22/h3-11H,1-2H3,(H2,23,24,25,26). The minimum atomic E-state index is -4.39. The first-order valence-corrected chi connectivity index (χ1v) is 7.93. The van der Waals surface area contributed by atoms with Gasteiger partial charge in [0.1, 0.15) is 5.82 Å². The molecule has 4 nitrogen and oxygen atoms in total. The lowest BCUT2D eigenvalue weighted by molar-refractivity contribution is -0.137. The predicted octanol–water partition coefficient (Wildman–Crippen LogP) is 5.60. The van der Waals surface area contributed by atoms with E-state index in [1.165, 1.54) is 12.3 Å². The molecule has 134 valence electrons. The fourth-order valence-electron chi connectivity index (χ4n) is 2.48. The lowest BCUT2D eigenvalue weighted by atomic mass is 10.1. The van der Waals surface area contributed by atoms with Gasteiger partial charge in [0.25, 0.3) is 0 Å². The van der Waals surface area contributed by atoms with E-state index in [2.05, 4.69) is 20.6 Å². The highest BCUT2D eigenvalue weighted by atomic mass is 19.4. The van der Waals surface area contributed by atoms with Crippen LogP contribution in [0.15, 0.2) is 54.7 Å². The van der Waals surface area contributed by atoms with E-state index >= 15 is 0 Å². The van der Waals surface area contributed by atoms with E-state index < -0.39 is 11.7 Å². The normalized spacial score (nSPS) is 11.3. The Balaban J connectivity index is 1.79. The lowest BCUT2D eigenvalue weighted by Gasteiger charge is -2.12. The minimum absolute atomic E-state index is 0.302. The van der Waals surface area contributed by atoms with Crippen molar-refractivity contribution in [2.45, 2.75) is 20.0 Å². The molecule has 0 atom stereocenters. The van der Waals surface area contributed by atoms with Gasteiger partial charge in [-0.05, 0) is 49.7 Å². The van der Waals surface area contributed by atoms with Crippen LogP contribution in [-0.2, 0) is 6.18 Å². The summed E-state index contributed by atoms with van der Waals surface area (Å²) >= 11 is 0. The quantitative estimate of drug-likeness (QED) is 0.637. The average molecular weight is 358 g/mol. The van der Waals surface area contributed by atoms with Crippen molar-refractivity contribution >= 4 is 23.1 Å². The molecule has 1 aromatic heterocycles. The Morgan fingerprint density at radius 3 is 2.46 bits per heavy atom. The van der Waals surface area contributed by atoms with Crippen molar-refractivity contribution < 1.29 is 13.2 Å². The third kappa shape index (κ3) is 4.30. The van der Waals surface area contributed by atoms with Crippen LogP contribution in [0.2, 0.25) is 0 Å². The van der Waals surface area contributed by atoms with Crippen LogP contribution in [-0.4, -0.2) is 9.97 Å². The molecule has 0 aliphatic rings. The highest BCUT2D eigenvalue weighted by Gasteiger charge is 2.30. The van der Waals surface area contributed by atoms with Gasteiger partial charge in [-0.1, -0.05) is 23.8 Å². The molecule has 0 bridgehead atoms. The van der Waals surface area contributed by atoms with Crippen LogP contribution in [0.5, 0.6) is 0 Å². The van der Waals surface area contributed by atoms with E-state index in [4.69, 9.17) is 0 Å². The van der Waals surface area contributed by atoms with Crippen molar-refractivity contribution in [2.75, 3.05) is 10.6 Å². The first kappa shape index (κ1) is 17.7. The van der Waals surface area contributed by atoms with Gasteiger partial charge in [0.05, 0.1) is 5.56 Å². The Hall–Kier alpha value is -3.09. The highest BCUT2D eigenvalue weighted by molar-refractivity contribution is 5.62. The molecule has 2 N–H and O–H groups in total. The summed E-state index contributed by atoms with van der Waals surface area (Å²) in [5, 5.41) is 5.99. The zero-order valence-corrected chi connectivity index (χ0v) is 14.2. The monoisotopic (exact) mass is 358 g/mol. The molecule has 0 aliphatic heterocycles. The number of hydrogen-bond donors (Lipinski definition) is 2. The van der Waals surface area contributed by atoms with Gasteiger partial charge in [-0.2, -0.15) is 18.2 Å². The van der Waals surface area contributed by atoms with Crippen molar-refractivity contribution in [3.05, 3.63) is 71.4 Å². The Labute approximate surface area is 149 Å². The van der Waals surface area contributed by atoms with E-state index in [0.29, 0.717) is 17.5 Å². The molecule has 0 spiro atoms. The van der Waals surface area contributed by atoms with Gasteiger partial charge in [-0.3, -0.25) is 0 Å². The number of nitrogens with zero attached hydrogens (tertiary/aromatic N) is 2. The predicted molar refractivity (Wildman–Crippen MR) is 96.0 cm³/mol. The number of benzene rings is 2. The van der Waals surface area contributed by atoms with Gasteiger partial charge < -0.3 is 10.6 Å². The lowest BCUT2D eigenvalue weighted by Crippen LogP contribution is -2.06. The number of aromatic nitrogens is 2. The number of rotatable bonds is 4. The summed E-state index contributed by atoms with van der Waals surface area (Å²) in [5.41, 5.74) is 2.65. The third-order valence-corrected chi connectivity index (χ3v) is 3.75. The molecule has 0 unspecified atom stereocenters. The second-order valence-electron chi connectivity index (χ2n) is 5.91. The fraction of sp³-hybridized carbons (Fsp3) is 0.158. The molecule has 2 aromatic carbocycles. The van der Waals surface area contributed by atoms with Crippen molar-refractivity contribution in [3.63, 3.8) is 0 Å². The molecule has 0 amide bonds. The molecule has 0 saturated carbocycles. The molecular formula is C19H17F3N4. The fourth-order valence-corrected chi connectivity index (χ4v) is 2.48. The maximum atomic E-state index is 12.8. The molecule has 3 aromatic rings. The zero-order valence-electron chi connectivity index (χ0n) is 14.2. The highest BCUT2D eigenvalue weighted by Crippen LogP contribution is 2.31. The summed E-state index contributed by atoms with van der Waals surface area (Å²) in [5.74, 6) is 0.750. The maximum Gasteiger partial charge on any atom is 0.416 e. The summed E-state index contributed by atoms with van der Waals surface area (Å²) in [6.07, 6.45) is -2.85. The van der Waals surface area contributed by atoms with Crippen LogP contribution in [0, 0.1) is 13.8 Å². The van der Waals surface area contributed by atoms with E-state index in [-0.39, 0.29) is 0 Å². The zero-order chi connectivity index (χ0) is 18.7. The van der Waals surface area contributed by atoms with E-state index in [1.54, 1.807) is 12.1 Å². The largest absolute Gasteiger partial charge is 0.416 e. The molecular weight excluding hydrogens is 341 g/mol. The van der Waals surface area contributed by atoms with Crippen LogP contribution in [0.4, 0.5) is 36.3 Å². The van der Waals surface area contributed by atoms with Crippen LogP contribution >= 0.6 is 0 Å².